The number of pyridine rings is 1. The Hall–Kier alpha value is -4.33. The summed E-state index contributed by atoms with van der Waals surface area (Å²) in [5.41, 5.74) is 6.75. The summed E-state index contributed by atoms with van der Waals surface area (Å²) in [6.07, 6.45) is 0. The van der Waals surface area contributed by atoms with E-state index in [9.17, 15) is 0 Å². The highest BCUT2D eigenvalue weighted by atomic mass is 16.5. The van der Waals surface area contributed by atoms with Gasteiger partial charge in [-0.15, -0.1) is 5.10 Å². The number of aliphatic imine (C=N–C) groups is 1. The molecule has 0 atom stereocenters. The summed E-state index contributed by atoms with van der Waals surface area (Å²) in [6.45, 7) is 11.7. The molecule has 5 rings (SSSR count). The zero-order valence-electron chi connectivity index (χ0n) is 21.2. The van der Waals surface area contributed by atoms with Crippen LogP contribution >= 0.6 is 0 Å². The molecule has 0 saturated carbocycles. The highest BCUT2D eigenvalue weighted by molar-refractivity contribution is 6.47. The zero-order valence-corrected chi connectivity index (χ0v) is 21.2. The van der Waals surface area contributed by atoms with Crippen molar-refractivity contribution in [3.05, 3.63) is 71.7 Å². The smallest absolute Gasteiger partial charge is 0.268 e. The van der Waals surface area contributed by atoms with Gasteiger partial charge in [0.1, 0.15) is 5.69 Å². The third kappa shape index (κ3) is 4.15. The molecule has 36 heavy (non-hydrogen) atoms. The first-order valence-corrected chi connectivity index (χ1v) is 12.1. The number of nitrogens with zero attached hydrogens (tertiary/aromatic N) is 6. The lowest BCUT2D eigenvalue weighted by molar-refractivity contribution is 0.540. The maximum Gasteiger partial charge on any atom is 0.268 e. The molecule has 0 saturated heterocycles. The second-order valence-corrected chi connectivity index (χ2v) is 8.74. The van der Waals surface area contributed by atoms with Crippen molar-refractivity contribution < 1.29 is 4.74 Å². The van der Waals surface area contributed by atoms with Gasteiger partial charge in [0.15, 0.2) is 17.4 Å². The van der Waals surface area contributed by atoms with E-state index in [4.69, 9.17) is 25.1 Å². The van der Waals surface area contributed by atoms with Gasteiger partial charge in [-0.25, -0.2) is 19.6 Å². The highest BCUT2D eigenvalue weighted by Gasteiger charge is 2.31. The summed E-state index contributed by atoms with van der Waals surface area (Å²) >= 11 is 0. The normalized spacial score (nSPS) is 13.7. The minimum Gasteiger partial charge on any atom is -0.422 e. The number of aromatic nitrogens is 3. The van der Waals surface area contributed by atoms with Gasteiger partial charge in [0.25, 0.3) is 5.90 Å². The molecule has 8 heteroatoms. The Morgan fingerprint density at radius 2 is 1.81 bits per heavy atom. The third-order valence-electron chi connectivity index (χ3n) is 6.32. The fraction of sp³-hybridized carbons (Fsp3) is 0.250. The van der Waals surface area contributed by atoms with Gasteiger partial charge >= 0.3 is 0 Å². The fourth-order valence-electron chi connectivity index (χ4n) is 4.43. The lowest BCUT2D eigenvalue weighted by Gasteiger charge is -2.21. The molecule has 182 valence electrons. The van der Waals surface area contributed by atoms with Gasteiger partial charge in [0, 0.05) is 31.1 Å². The molecule has 2 aromatic carbocycles. The average molecular weight is 480 g/mol. The molecule has 4 aromatic rings. The largest absolute Gasteiger partial charge is 0.422 e. The lowest BCUT2D eigenvalue weighted by Crippen LogP contribution is -2.21. The number of nitrogens with one attached hydrogen (secondary N) is 1. The molecule has 0 radical (unpaired) electrons. The molecular formula is C28H29N7O. The number of hydrogen-bond acceptors (Lipinski definition) is 7. The molecule has 0 fully saturated rings. The minimum absolute atomic E-state index is 0.0369. The molecule has 0 amide bonds. The van der Waals surface area contributed by atoms with Crippen LogP contribution in [0.1, 0.15) is 37.9 Å². The van der Waals surface area contributed by atoms with E-state index >= 15 is 0 Å². The molecule has 2 aromatic heterocycles. The van der Waals surface area contributed by atoms with Crippen molar-refractivity contribution in [2.45, 2.75) is 34.6 Å². The summed E-state index contributed by atoms with van der Waals surface area (Å²) < 4.78 is 7.37. The van der Waals surface area contributed by atoms with Gasteiger partial charge in [-0.05, 0) is 63.6 Å². The van der Waals surface area contributed by atoms with Crippen molar-refractivity contribution in [3.8, 4) is 11.4 Å². The average Bonchev–Trinajstić information content (AvgIpc) is 3.36. The number of ether oxygens (including phenoxy) is 1. The van der Waals surface area contributed by atoms with Gasteiger partial charge < -0.3 is 9.64 Å². The van der Waals surface area contributed by atoms with Crippen molar-refractivity contribution in [2.24, 2.45) is 10.1 Å². The monoisotopic (exact) mass is 479 g/mol. The first kappa shape index (κ1) is 23.4. The quantitative estimate of drug-likeness (QED) is 0.286. The van der Waals surface area contributed by atoms with Crippen molar-refractivity contribution in [2.75, 3.05) is 18.0 Å². The SMILES string of the molecule is CCN(CC)c1ccc(/N=C2/C(OC(C)=N)=Nn3c2nc(-c2ccc4ccccc4n2)c3C)c(C)c1. The number of aryl methyl sites for hydroxylation is 1. The van der Waals surface area contributed by atoms with E-state index in [1.54, 1.807) is 11.6 Å². The lowest BCUT2D eigenvalue weighted by atomic mass is 10.1. The van der Waals surface area contributed by atoms with Crippen LogP contribution in [0.25, 0.3) is 22.3 Å². The Labute approximate surface area is 210 Å². The zero-order chi connectivity index (χ0) is 25.4. The van der Waals surface area contributed by atoms with E-state index < -0.39 is 0 Å². The Kier molecular flexibility index (Phi) is 6.10. The van der Waals surface area contributed by atoms with Crippen LogP contribution in [0.4, 0.5) is 11.4 Å². The Bertz CT molecular complexity index is 1540. The van der Waals surface area contributed by atoms with E-state index in [1.165, 1.54) is 0 Å². The van der Waals surface area contributed by atoms with Crippen LogP contribution in [0, 0.1) is 19.3 Å². The van der Waals surface area contributed by atoms with Gasteiger partial charge in [0.05, 0.1) is 22.6 Å². The predicted octanol–water partition coefficient (Wildman–Crippen LogP) is 5.87. The number of imidazole rings is 1. The molecule has 1 aliphatic rings. The third-order valence-corrected chi connectivity index (χ3v) is 6.32. The Morgan fingerprint density at radius 3 is 2.53 bits per heavy atom. The van der Waals surface area contributed by atoms with Crippen molar-refractivity contribution >= 4 is 39.8 Å². The predicted molar refractivity (Wildman–Crippen MR) is 146 cm³/mol. The maximum atomic E-state index is 7.85. The molecule has 0 spiro atoms. The first-order chi connectivity index (χ1) is 17.4. The Balaban J connectivity index is 1.60. The highest BCUT2D eigenvalue weighted by Crippen LogP contribution is 2.30. The van der Waals surface area contributed by atoms with Gasteiger partial charge in [-0.2, -0.15) is 0 Å². The van der Waals surface area contributed by atoms with Gasteiger partial charge in [-0.3, -0.25) is 5.41 Å². The van der Waals surface area contributed by atoms with Crippen molar-refractivity contribution in [1.82, 2.24) is 14.6 Å². The summed E-state index contributed by atoms with van der Waals surface area (Å²) in [7, 11) is 0. The second-order valence-electron chi connectivity index (χ2n) is 8.74. The van der Waals surface area contributed by atoms with E-state index in [1.807, 2.05) is 56.3 Å². The summed E-state index contributed by atoms with van der Waals surface area (Å²) in [4.78, 5) is 16.9. The second kappa shape index (κ2) is 9.37. The molecule has 0 bridgehead atoms. The van der Waals surface area contributed by atoms with Gasteiger partial charge in [0.2, 0.25) is 0 Å². The topological polar surface area (TPSA) is 91.8 Å². The van der Waals surface area contributed by atoms with Crippen molar-refractivity contribution in [3.63, 3.8) is 0 Å². The van der Waals surface area contributed by atoms with Crippen LogP contribution in [-0.4, -0.2) is 45.2 Å². The van der Waals surface area contributed by atoms with E-state index in [0.717, 1.165) is 58.0 Å². The summed E-state index contributed by atoms with van der Waals surface area (Å²) in [5.74, 6) is 0.870. The Morgan fingerprint density at radius 1 is 1.03 bits per heavy atom. The molecule has 0 aliphatic carbocycles. The standard InChI is InChI=1S/C28H29N7O/c1-6-34(7-2)21-13-15-22(17(3)16-21)31-26-27-32-25(18(4)35(27)33-28(26)36-19(5)29)24-14-12-20-10-8-9-11-23(20)30-24/h8-16,29H,6-7H2,1-5H3/b29-19?,31-26+. The minimum atomic E-state index is 0.0369. The van der Waals surface area contributed by atoms with E-state index in [-0.39, 0.29) is 11.8 Å². The van der Waals surface area contributed by atoms with E-state index in [2.05, 4.69) is 36.0 Å². The van der Waals surface area contributed by atoms with Crippen LogP contribution < -0.4 is 4.90 Å². The molecule has 1 aliphatic heterocycles. The fourth-order valence-corrected chi connectivity index (χ4v) is 4.43. The van der Waals surface area contributed by atoms with Crippen molar-refractivity contribution in [1.29, 1.82) is 5.41 Å². The number of benzene rings is 2. The van der Waals surface area contributed by atoms with Crippen LogP contribution in [0.3, 0.4) is 0 Å². The van der Waals surface area contributed by atoms with Crippen LogP contribution in [0.5, 0.6) is 0 Å². The first-order valence-electron chi connectivity index (χ1n) is 12.1. The number of hydrogen-bond donors (Lipinski definition) is 1. The number of para-hydroxylation sites is 1. The van der Waals surface area contributed by atoms with Crippen LogP contribution in [0.15, 0.2) is 64.7 Å². The van der Waals surface area contributed by atoms with Gasteiger partial charge in [-0.1, -0.05) is 24.3 Å². The number of fused-ring (bicyclic) bond motifs is 2. The van der Waals surface area contributed by atoms with Crippen LogP contribution in [0.2, 0.25) is 0 Å². The molecule has 1 N–H and O–H groups in total. The number of rotatable bonds is 5. The summed E-state index contributed by atoms with van der Waals surface area (Å²) in [6, 6.07) is 18.3. The maximum absolute atomic E-state index is 7.85. The summed E-state index contributed by atoms with van der Waals surface area (Å²) in [5, 5.41) is 13.5. The molecule has 3 heterocycles. The van der Waals surface area contributed by atoms with Crippen LogP contribution in [-0.2, 0) is 4.74 Å². The molecule has 0 unspecified atom stereocenters. The molecular weight excluding hydrogens is 450 g/mol. The molecule has 8 nitrogen and oxygen atoms in total. The number of anilines is 1. The van der Waals surface area contributed by atoms with E-state index in [0.29, 0.717) is 11.5 Å².